The first-order valence-electron chi connectivity index (χ1n) is 4.76. The van der Waals surface area contributed by atoms with Crippen molar-refractivity contribution >= 4 is 18.0 Å². The van der Waals surface area contributed by atoms with Crippen LogP contribution in [0.1, 0.15) is 18.1 Å². The molecule has 0 saturated heterocycles. The number of amides is 1. The molecule has 0 spiro atoms. The van der Waals surface area contributed by atoms with E-state index in [1.54, 1.807) is 12.1 Å². The minimum atomic E-state index is -1.41. The van der Waals surface area contributed by atoms with E-state index in [0.717, 1.165) is 5.56 Å². The van der Waals surface area contributed by atoms with Crippen LogP contribution in [-0.2, 0) is 9.59 Å². The molecule has 1 rings (SSSR count). The summed E-state index contributed by atoms with van der Waals surface area (Å²) in [6, 6.07) is 7.24. The van der Waals surface area contributed by atoms with Gasteiger partial charge in [-0.25, -0.2) is 0 Å². The molecule has 0 aliphatic carbocycles. The summed E-state index contributed by atoms with van der Waals surface area (Å²) >= 11 is 0. The molecule has 1 amide bonds. The quantitative estimate of drug-likeness (QED) is 0.738. The minimum Gasteiger partial charge on any atom is -0.543 e. The second-order valence-electron chi connectivity index (χ2n) is 3.44. The van der Waals surface area contributed by atoms with Gasteiger partial charge in [-0.1, -0.05) is 29.8 Å². The van der Waals surface area contributed by atoms with E-state index in [1.165, 1.54) is 13.0 Å². The van der Waals surface area contributed by atoms with Crippen LogP contribution in [0.25, 0.3) is 6.08 Å². The lowest BCUT2D eigenvalue weighted by molar-refractivity contribution is -0.299. The molecule has 1 aromatic carbocycles. The number of rotatable bonds is 3. The molecule has 4 heteroatoms. The summed E-state index contributed by atoms with van der Waals surface area (Å²) in [5, 5.41) is 12.9. The SMILES string of the molecule is CC(=O)N/C(=C\c1ccc(C)cc1)C(=O)[O-]. The molecule has 4 nitrogen and oxygen atoms in total. The Morgan fingerprint density at radius 2 is 1.81 bits per heavy atom. The van der Waals surface area contributed by atoms with E-state index in [2.05, 4.69) is 5.32 Å². The van der Waals surface area contributed by atoms with E-state index in [9.17, 15) is 14.7 Å². The van der Waals surface area contributed by atoms with Gasteiger partial charge in [-0.15, -0.1) is 0 Å². The van der Waals surface area contributed by atoms with Gasteiger partial charge < -0.3 is 15.2 Å². The van der Waals surface area contributed by atoms with Crippen molar-refractivity contribution in [2.24, 2.45) is 0 Å². The Balaban J connectivity index is 2.97. The number of carbonyl (C=O) groups is 2. The monoisotopic (exact) mass is 218 g/mol. The lowest BCUT2D eigenvalue weighted by atomic mass is 10.1. The molecule has 0 aliphatic heterocycles. The molecule has 0 atom stereocenters. The third kappa shape index (κ3) is 3.57. The van der Waals surface area contributed by atoms with Crippen molar-refractivity contribution in [2.75, 3.05) is 0 Å². The van der Waals surface area contributed by atoms with Crippen LogP contribution in [0.4, 0.5) is 0 Å². The highest BCUT2D eigenvalue weighted by molar-refractivity contribution is 5.95. The molecule has 0 bridgehead atoms. The molecule has 0 fully saturated rings. The van der Waals surface area contributed by atoms with Gasteiger partial charge in [-0.3, -0.25) is 4.79 Å². The van der Waals surface area contributed by atoms with Crippen LogP contribution in [0.5, 0.6) is 0 Å². The first-order valence-corrected chi connectivity index (χ1v) is 4.76. The largest absolute Gasteiger partial charge is 0.543 e. The first-order chi connectivity index (χ1) is 7.49. The van der Waals surface area contributed by atoms with Crippen LogP contribution in [0, 0.1) is 6.92 Å². The molecule has 0 aliphatic rings. The highest BCUT2D eigenvalue weighted by Gasteiger charge is 2.00. The average molecular weight is 218 g/mol. The summed E-state index contributed by atoms with van der Waals surface area (Å²) in [5.41, 5.74) is 1.53. The summed E-state index contributed by atoms with van der Waals surface area (Å²) in [5.74, 6) is -1.85. The molecule has 0 unspecified atom stereocenters. The van der Waals surface area contributed by atoms with Gasteiger partial charge in [0, 0.05) is 6.92 Å². The van der Waals surface area contributed by atoms with E-state index >= 15 is 0 Å². The van der Waals surface area contributed by atoms with Crippen molar-refractivity contribution in [1.29, 1.82) is 0 Å². The average Bonchev–Trinajstić information content (AvgIpc) is 2.19. The Hall–Kier alpha value is -2.10. The first kappa shape index (κ1) is 12.0. The molecule has 84 valence electrons. The van der Waals surface area contributed by atoms with E-state index in [4.69, 9.17) is 0 Å². The molecule has 1 aromatic rings. The Bertz CT molecular complexity index is 432. The van der Waals surface area contributed by atoms with E-state index < -0.39 is 11.9 Å². The predicted molar refractivity (Wildman–Crippen MR) is 58.0 cm³/mol. The summed E-state index contributed by atoms with van der Waals surface area (Å²) in [6.07, 6.45) is 1.36. The number of carbonyl (C=O) groups excluding carboxylic acids is 2. The molecule has 16 heavy (non-hydrogen) atoms. The van der Waals surface area contributed by atoms with E-state index in [1.807, 2.05) is 19.1 Å². The smallest absolute Gasteiger partial charge is 0.221 e. The fourth-order valence-corrected chi connectivity index (χ4v) is 1.17. The number of aryl methyl sites for hydroxylation is 1. The Morgan fingerprint density at radius 3 is 2.25 bits per heavy atom. The Morgan fingerprint density at radius 1 is 1.25 bits per heavy atom. The summed E-state index contributed by atoms with van der Waals surface area (Å²) in [7, 11) is 0. The van der Waals surface area contributed by atoms with Crippen LogP contribution in [0.2, 0.25) is 0 Å². The van der Waals surface area contributed by atoms with Crippen molar-refractivity contribution in [3.8, 4) is 0 Å². The fraction of sp³-hybridized carbons (Fsp3) is 0.167. The zero-order valence-corrected chi connectivity index (χ0v) is 9.11. The van der Waals surface area contributed by atoms with Gasteiger partial charge in [0.25, 0.3) is 0 Å². The van der Waals surface area contributed by atoms with Gasteiger partial charge in [0.05, 0.1) is 11.7 Å². The number of nitrogens with one attached hydrogen (secondary N) is 1. The lowest BCUT2D eigenvalue weighted by Crippen LogP contribution is -2.34. The van der Waals surface area contributed by atoms with Gasteiger partial charge >= 0.3 is 0 Å². The van der Waals surface area contributed by atoms with Gasteiger partial charge in [0.15, 0.2) is 0 Å². The molecular formula is C12H12NO3-. The highest BCUT2D eigenvalue weighted by atomic mass is 16.4. The van der Waals surface area contributed by atoms with Crippen LogP contribution < -0.4 is 10.4 Å². The van der Waals surface area contributed by atoms with E-state index in [-0.39, 0.29) is 5.70 Å². The normalized spacial score (nSPS) is 11.0. The lowest BCUT2D eigenvalue weighted by Gasteiger charge is -2.08. The maximum absolute atomic E-state index is 10.8. The van der Waals surface area contributed by atoms with Gasteiger partial charge in [-0.2, -0.15) is 0 Å². The number of hydrogen-bond donors (Lipinski definition) is 1. The zero-order valence-electron chi connectivity index (χ0n) is 9.11. The summed E-state index contributed by atoms with van der Waals surface area (Å²) in [6.45, 7) is 3.17. The molecular weight excluding hydrogens is 206 g/mol. The summed E-state index contributed by atoms with van der Waals surface area (Å²) < 4.78 is 0. The minimum absolute atomic E-state index is 0.239. The zero-order chi connectivity index (χ0) is 12.1. The topological polar surface area (TPSA) is 69.2 Å². The standard InChI is InChI=1S/C12H13NO3/c1-8-3-5-10(6-4-8)7-11(12(15)16)13-9(2)14/h3-7H,1-2H3,(H,13,14)(H,15,16)/p-1/b11-7-. The second kappa shape index (κ2) is 5.11. The molecule has 0 radical (unpaired) electrons. The summed E-state index contributed by atoms with van der Waals surface area (Å²) in [4.78, 5) is 21.5. The third-order valence-corrected chi connectivity index (χ3v) is 1.92. The van der Waals surface area contributed by atoms with Crippen molar-refractivity contribution in [2.45, 2.75) is 13.8 Å². The maximum atomic E-state index is 10.8. The van der Waals surface area contributed by atoms with Gasteiger partial charge in [0.2, 0.25) is 5.91 Å². The van der Waals surface area contributed by atoms with Crippen molar-refractivity contribution in [3.05, 3.63) is 41.1 Å². The predicted octanol–water partition coefficient (Wildman–Crippen LogP) is 0.222. The number of carboxylic acids is 1. The molecule has 0 saturated carbocycles. The molecule has 0 heterocycles. The second-order valence-corrected chi connectivity index (χ2v) is 3.44. The van der Waals surface area contributed by atoms with Gasteiger partial charge in [-0.05, 0) is 18.6 Å². The molecule has 1 N–H and O–H groups in total. The van der Waals surface area contributed by atoms with E-state index in [0.29, 0.717) is 5.56 Å². The van der Waals surface area contributed by atoms with Crippen molar-refractivity contribution < 1.29 is 14.7 Å². The highest BCUT2D eigenvalue weighted by Crippen LogP contribution is 2.07. The fourth-order valence-electron chi connectivity index (χ4n) is 1.17. The van der Waals surface area contributed by atoms with Crippen LogP contribution >= 0.6 is 0 Å². The number of carboxylic acid groups (broad SMARTS) is 1. The Kier molecular flexibility index (Phi) is 3.83. The maximum Gasteiger partial charge on any atom is 0.221 e. The number of hydrogen-bond acceptors (Lipinski definition) is 3. The van der Waals surface area contributed by atoms with Crippen molar-refractivity contribution in [1.82, 2.24) is 5.32 Å². The van der Waals surface area contributed by atoms with Crippen LogP contribution in [-0.4, -0.2) is 11.9 Å². The number of aliphatic carboxylic acids is 1. The third-order valence-electron chi connectivity index (χ3n) is 1.92. The van der Waals surface area contributed by atoms with Gasteiger partial charge in [0.1, 0.15) is 0 Å². The molecule has 0 aromatic heterocycles. The van der Waals surface area contributed by atoms with Crippen LogP contribution in [0.3, 0.4) is 0 Å². The number of benzene rings is 1. The Labute approximate surface area is 93.6 Å². The van der Waals surface area contributed by atoms with Crippen molar-refractivity contribution in [3.63, 3.8) is 0 Å². The van der Waals surface area contributed by atoms with Crippen LogP contribution in [0.15, 0.2) is 30.0 Å².